The Kier molecular flexibility index (Phi) is 10.6. The molecule has 2 aliphatic rings. The van der Waals surface area contributed by atoms with Gasteiger partial charge in [0.25, 0.3) is 0 Å². The van der Waals surface area contributed by atoms with Gasteiger partial charge in [-0.05, 0) is 36.2 Å². The number of hydrogen-bond acceptors (Lipinski definition) is 9. The number of likely N-dealkylation sites (N-methyl/N-ethyl adjacent to an activating group) is 1. The number of aldehydes is 1. The van der Waals surface area contributed by atoms with Crippen molar-refractivity contribution in [1.29, 1.82) is 0 Å². The van der Waals surface area contributed by atoms with Crippen LogP contribution in [0.15, 0.2) is 47.4 Å². The predicted octanol–water partition coefficient (Wildman–Crippen LogP) is 1.03. The summed E-state index contributed by atoms with van der Waals surface area (Å²) >= 11 is 0. The molecule has 220 valence electrons. The molecule has 2 atom stereocenters. The average molecular weight is 574 g/mol. The molecule has 0 radical (unpaired) electrons. The van der Waals surface area contributed by atoms with E-state index in [9.17, 15) is 18.3 Å². The molecular formula is C29H43N5O5S. The van der Waals surface area contributed by atoms with E-state index in [0.717, 1.165) is 39.1 Å². The summed E-state index contributed by atoms with van der Waals surface area (Å²) in [6.07, 6.45) is 0.0903. The first kappa shape index (κ1) is 30.4. The third kappa shape index (κ3) is 7.39. The molecule has 0 aromatic heterocycles. The van der Waals surface area contributed by atoms with Crippen LogP contribution < -0.4 is 15.0 Å². The molecule has 0 spiro atoms. The van der Waals surface area contributed by atoms with Crippen LogP contribution >= 0.6 is 0 Å². The summed E-state index contributed by atoms with van der Waals surface area (Å²) < 4.78 is 34.1. The Morgan fingerprint density at radius 2 is 1.73 bits per heavy atom. The van der Waals surface area contributed by atoms with Crippen LogP contribution in [-0.2, 0) is 27.8 Å². The van der Waals surface area contributed by atoms with Crippen molar-refractivity contribution < 1.29 is 23.1 Å². The zero-order valence-electron chi connectivity index (χ0n) is 23.8. The van der Waals surface area contributed by atoms with Crippen molar-refractivity contribution in [3.05, 3.63) is 53.6 Å². The second kappa shape index (κ2) is 13.9. The molecule has 2 aromatic rings. The molecule has 40 heavy (non-hydrogen) atoms. The average Bonchev–Trinajstić information content (AvgIpc) is 2.96. The van der Waals surface area contributed by atoms with Crippen LogP contribution in [0.2, 0.25) is 0 Å². The summed E-state index contributed by atoms with van der Waals surface area (Å²) in [5.74, 6) is 0.149. The summed E-state index contributed by atoms with van der Waals surface area (Å²) in [6.45, 7) is 8.81. The number of carbonyl (C=O) groups excluding carboxylic acids is 1. The first-order valence-electron chi connectivity index (χ1n) is 14.1. The maximum Gasteiger partial charge on any atom is 0.248 e. The summed E-state index contributed by atoms with van der Waals surface area (Å²) in [5, 5.41) is 13.8. The maximum atomic E-state index is 13.4. The number of nitrogens with zero attached hydrogens (tertiary/aromatic N) is 4. The molecular weight excluding hydrogens is 530 g/mol. The van der Waals surface area contributed by atoms with Crippen molar-refractivity contribution in [3.63, 3.8) is 0 Å². The normalized spacial score (nSPS) is 18.4. The maximum absolute atomic E-state index is 13.4. The smallest absolute Gasteiger partial charge is 0.248 e. The number of hydrogen-bond donors (Lipinski definition) is 2. The molecule has 1 saturated heterocycles. The largest absolute Gasteiger partial charge is 0.480 e. The van der Waals surface area contributed by atoms with Gasteiger partial charge >= 0.3 is 0 Å². The zero-order chi connectivity index (χ0) is 28.7. The number of rotatable bonds is 13. The first-order chi connectivity index (χ1) is 19.2. The minimum absolute atomic E-state index is 0.0715. The van der Waals surface area contributed by atoms with Crippen molar-refractivity contribution in [2.45, 2.75) is 37.0 Å². The van der Waals surface area contributed by atoms with Gasteiger partial charge < -0.3 is 25.0 Å². The highest BCUT2D eigenvalue weighted by Crippen LogP contribution is 2.36. The highest BCUT2D eigenvalue weighted by atomic mass is 32.2. The lowest BCUT2D eigenvalue weighted by atomic mass is 10.00. The van der Waals surface area contributed by atoms with Gasteiger partial charge in [-0.1, -0.05) is 37.3 Å². The van der Waals surface area contributed by atoms with Gasteiger partial charge in [0, 0.05) is 73.0 Å². The number of nitrogens with one attached hydrogen (secondary N) is 1. The van der Waals surface area contributed by atoms with E-state index in [1.54, 1.807) is 18.2 Å². The minimum Gasteiger partial charge on any atom is -0.480 e. The molecule has 0 saturated carbocycles. The quantitative estimate of drug-likeness (QED) is 0.340. The molecule has 0 aliphatic carbocycles. The van der Waals surface area contributed by atoms with Crippen molar-refractivity contribution in [3.8, 4) is 5.75 Å². The molecule has 10 nitrogen and oxygen atoms in total. The third-order valence-corrected chi connectivity index (χ3v) is 9.58. The Morgan fingerprint density at radius 3 is 2.40 bits per heavy atom. The van der Waals surface area contributed by atoms with Gasteiger partial charge in [-0.25, -0.2) is 12.7 Å². The van der Waals surface area contributed by atoms with E-state index >= 15 is 0 Å². The molecule has 1 fully saturated rings. The summed E-state index contributed by atoms with van der Waals surface area (Å²) in [7, 11) is -0.877. The standard InChI is InChI=1S/C29H43N5O5S/c1-4-32-14-16-34(17-15-32)27-10-7-11-28(29(27)40(37,38)31(2)3)39-26(22-35)19-30-18-25(36)21-33-13-12-23-8-5-6-9-24(23)20-33/h5-11,22,25-26,30,36H,4,12-21H2,1-3H3/t25-,26?/m1/s1. The van der Waals surface area contributed by atoms with Gasteiger partial charge in [0.1, 0.15) is 10.6 Å². The van der Waals surface area contributed by atoms with Gasteiger partial charge in [0.05, 0.1) is 11.8 Å². The number of aliphatic hydroxyl groups excluding tert-OH is 1. The fourth-order valence-corrected chi connectivity index (χ4v) is 6.54. The first-order valence-corrected chi connectivity index (χ1v) is 15.5. The number of ether oxygens (including phenoxy) is 1. The predicted molar refractivity (Wildman–Crippen MR) is 156 cm³/mol. The van der Waals surface area contributed by atoms with Crippen LogP contribution in [0.3, 0.4) is 0 Å². The lowest BCUT2D eigenvalue weighted by molar-refractivity contribution is -0.113. The molecule has 2 aliphatic heterocycles. The van der Waals surface area contributed by atoms with Crippen molar-refractivity contribution in [2.75, 3.05) is 77.9 Å². The third-order valence-electron chi connectivity index (χ3n) is 7.69. The molecule has 2 heterocycles. The summed E-state index contributed by atoms with van der Waals surface area (Å²) in [6, 6.07) is 13.5. The molecule has 0 amide bonds. The van der Waals surface area contributed by atoms with E-state index < -0.39 is 22.2 Å². The molecule has 2 aromatic carbocycles. The SMILES string of the molecule is CCN1CCN(c2cccc(OC(C=O)CNC[C@@H](O)CN3CCc4ccccc4C3)c2S(=O)(=O)N(C)C)CC1. The van der Waals surface area contributed by atoms with Gasteiger partial charge in [-0.15, -0.1) is 0 Å². The van der Waals surface area contributed by atoms with Gasteiger partial charge in [0.15, 0.2) is 12.4 Å². The van der Waals surface area contributed by atoms with Crippen LogP contribution in [-0.4, -0.2) is 119 Å². The van der Waals surface area contributed by atoms with Gasteiger partial charge in [0.2, 0.25) is 10.0 Å². The monoisotopic (exact) mass is 573 g/mol. The van der Waals surface area contributed by atoms with Crippen molar-refractivity contribution in [2.24, 2.45) is 0 Å². The molecule has 11 heteroatoms. The Morgan fingerprint density at radius 1 is 1.00 bits per heavy atom. The van der Waals surface area contributed by atoms with Crippen LogP contribution in [0.4, 0.5) is 5.69 Å². The lowest BCUT2D eigenvalue weighted by Gasteiger charge is -2.37. The van der Waals surface area contributed by atoms with Crippen LogP contribution in [0.25, 0.3) is 0 Å². The number of aliphatic hydroxyl groups is 1. The van der Waals surface area contributed by atoms with E-state index in [0.29, 0.717) is 31.6 Å². The lowest BCUT2D eigenvalue weighted by Crippen LogP contribution is -2.46. The molecule has 2 N–H and O–H groups in total. The van der Waals surface area contributed by atoms with E-state index in [1.165, 1.54) is 29.5 Å². The fourth-order valence-electron chi connectivity index (χ4n) is 5.34. The van der Waals surface area contributed by atoms with Crippen LogP contribution in [0.5, 0.6) is 5.75 Å². The number of benzene rings is 2. The van der Waals surface area contributed by atoms with E-state index in [1.807, 2.05) is 6.07 Å². The van der Waals surface area contributed by atoms with Crippen LogP contribution in [0.1, 0.15) is 18.1 Å². The molecule has 4 rings (SSSR count). The Hall–Kier alpha value is -2.54. The number of sulfonamides is 1. The topological polar surface area (TPSA) is 106 Å². The second-order valence-corrected chi connectivity index (χ2v) is 12.8. The highest BCUT2D eigenvalue weighted by Gasteiger charge is 2.31. The second-order valence-electron chi connectivity index (χ2n) is 10.7. The van der Waals surface area contributed by atoms with E-state index in [-0.39, 0.29) is 23.7 Å². The summed E-state index contributed by atoms with van der Waals surface area (Å²) in [5.41, 5.74) is 3.24. The Balaban J connectivity index is 1.39. The fraction of sp³-hybridized carbons (Fsp3) is 0.552. The van der Waals surface area contributed by atoms with Gasteiger partial charge in [-0.3, -0.25) is 9.69 Å². The minimum atomic E-state index is -3.86. The Bertz CT molecular complexity index is 1230. The van der Waals surface area contributed by atoms with E-state index in [4.69, 9.17) is 4.74 Å². The summed E-state index contributed by atoms with van der Waals surface area (Å²) in [4.78, 5) is 18.6. The number of β-amino-alcohol motifs (C(OH)–C–C–N with tert-alkyl or cyclic N) is 1. The number of piperazine rings is 1. The molecule has 0 bridgehead atoms. The number of fused-ring (bicyclic) bond motifs is 1. The van der Waals surface area contributed by atoms with E-state index in [2.05, 4.69) is 45.1 Å². The zero-order valence-corrected chi connectivity index (χ0v) is 24.6. The molecule has 1 unspecified atom stereocenters. The van der Waals surface area contributed by atoms with Crippen LogP contribution in [0, 0.1) is 0 Å². The van der Waals surface area contributed by atoms with Gasteiger partial charge in [-0.2, -0.15) is 0 Å². The van der Waals surface area contributed by atoms with Crippen molar-refractivity contribution in [1.82, 2.24) is 19.4 Å². The number of anilines is 1. The number of carbonyl (C=O) groups is 1. The highest BCUT2D eigenvalue weighted by molar-refractivity contribution is 7.89. The Labute approximate surface area is 238 Å². The van der Waals surface area contributed by atoms with Crippen molar-refractivity contribution >= 4 is 22.0 Å².